The number of ether oxygens (including phenoxy) is 3. The summed E-state index contributed by atoms with van der Waals surface area (Å²) < 4.78 is 15.6. The summed E-state index contributed by atoms with van der Waals surface area (Å²) in [6.07, 6.45) is -0.535. The first kappa shape index (κ1) is 30.1. The first-order valence-corrected chi connectivity index (χ1v) is 12.8. The maximum atomic E-state index is 14.0. The predicted molar refractivity (Wildman–Crippen MR) is 144 cm³/mol. The number of fused-ring (bicyclic) bond motifs is 1. The Bertz CT molecular complexity index is 1300. The van der Waals surface area contributed by atoms with E-state index >= 15 is 0 Å². The second kappa shape index (κ2) is 13.1. The molecule has 1 unspecified atom stereocenters. The van der Waals surface area contributed by atoms with E-state index in [9.17, 15) is 24.0 Å². The van der Waals surface area contributed by atoms with Gasteiger partial charge in [0.25, 0.3) is 5.91 Å². The van der Waals surface area contributed by atoms with E-state index in [1.54, 1.807) is 38.1 Å². The number of hydrogen-bond acceptors (Lipinski definition) is 9. The third-order valence-corrected chi connectivity index (χ3v) is 6.69. The first-order valence-electron chi connectivity index (χ1n) is 12.8. The van der Waals surface area contributed by atoms with Crippen molar-refractivity contribution in [1.82, 2.24) is 19.7 Å². The summed E-state index contributed by atoms with van der Waals surface area (Å²) in [4.78, 5) is 73.1. The van der Waals surface area contributed by atoms with Gasteiger partial charge in [0.1, 0.15) is 0 Å². The van der Waals surface area contributed by atoms with Crippen molar-refractivity contribution in [1.29, 1.82) is 0 Å². The van der Waals surface area contributed by atoms with Gasteiger partial charge in [-0.15, -0.1) is 0 Å². The zero-order valence-electron chi connectivity index (χ0n) is 23.4. The molecule has 0 radical (unpaired) electrons. The highest BCUT2D eigenvalue weighted by Gasteiger charge is 2.36. The molecule has 2 aromatic rings. The molecule has 2 heterocycles. The average Bonchev–Trinajstić information content (AvgIpc) is 2.95. The number of hydrogen-bond donors (Lipinski definition) is 1. The van der Waals surface area contributed by atoms with Gasteiger partial charge in [-0.05, 0) is 25.5 Å². The molecule has 1 aliphatic rings. The summed E-state index contributed by atoms with van der Waals surface area (Å²) in [6, 6.07) is 4.67. The Labute approximate surface area is 232 Å². The van der Waals surface area contributed by atoms with Crippen molar-refractivity contribution < 1.29 is 38.2 Å². The van der Waals surface area contributed by atoms with E-state index in [0.29, 0.717) is 0 Å². The number of carbonyl (C=O) groups excluding carboxylic acids is 5. The highest BCUT2D eigenvalue weighted by atomic mass is 16.6. The van der Waals surface area contributed by atoms with Gasteiger partial charge in [-0.25, -0.2) is 9.78 Å². The third kappa shape index (κ3) is 6.24. The Kier molecular flexibility index (Phi) is 9.86. The van der Waals surface area contributed by atoms with Crippen LogP contribution in [0.15, 0.2) is 18.2 Å². The molecule has 216 valence electrons. The molecule has 13 heteroatoms. The number of benzene rings is 1. The number of amides is 4. The Morgan fingerprint density at radius 3 is 2.25 bits per heavy atom. The van der Waals surface area contributed by atoms with Gasteiger partial charge in [0.2, 0.25) is 11.8 Å². The van der Waals surface area contributed by atoms with Crippen LogP contribution in [-0.4, -0.2) is 111 Å². The molecule has 1 aliphatic heterocycles. The average molecular weight is 558 g/mol. The molecule has 13 nitrogen and oxygen atoms in total. The summed E-state index contributed by atoms with van der Waals surface area (Å²) in [7, 11) is 5.68. The molecule has 1 aromatic heterocycles. The molecular formula is C27H35N5O8. The number of esters is 1. The van der Waals surface area contributed by atoms with E-state index in [2.05, 4.69) is 0 Å². The molecule has 1 aromatic carbocycles. The Hall–Kier alpha value is -4.42. The standard InChI is InChI=1S/C27H35N5O8/c1-6-40-27(37)32-14-12-31(13-15-32)25(35)17(10-11-19(33)38-4)22-23(39-5)21(26(36)30(2)3)20-16(24(28)34)8-7-9-18(20)29-22/h7-9,17H,6,10-15H2,1-5H3,(H2,28,34). The predicted octanol–water partition coefficient (Wildman–Crippen LogP) is 1.38. The fourth-order valence-electron chi connectivity index (χ4n) is 4.68. The van der Waals surface area contributed by atoms with Crippen LogP contribution < -0.4 is 10.5 Å². The van der Waals surface area contributed by atoms with Crippen LogP contribution in [-0.2, 0) is 19.1 Å². The fourth-order valence-corrected chi connectivity index (χ4v) is 4.68. The van der Waals surface area contributed by atoms with Crippen molar-refractivity contribution in [2.45, 2.75) is 25.7 Å². The maximum absolute atomic E-state index is 14.0. The number of nitrogens with two attached hydrogens (primary N) is 1. The molecule has 0 bridgehead atoms. The number of primary amides is 1. The summed E-state index contributed by atoms with van der Waals surface area (Å²) in [5, 5.41) is 0.205. The van der Waals surface area contributed by atoms with Crippen LogP contribution in [0.2, 0.25) is 0 Å². The Balaban J connectivity index is 2.16. The molecule has 3 rings (SSSR count). The lowest BCUT2D eigenvalue weighted by atomic mass is 9.91. The van der Waals surface area contributed by atoms with E-state index in [1.165, 1.54) is 30.1 Å². The van der Waals surface area contributed by atoms with E-state index in [-0.39, 0.29) is 85.0 Å². The monoisotopic (exact) mass is 557 g/mol. The van der Waals surface area contributed by atoms with Crippen molar-refractivity contribution in [3.05, 3.63) is 35.0 Å². The summed E-state index contributed by atoms with van der Waals surface area (Å²) in [6.45, 7) is 2.96. The largest absolute Gasteiger partial charge is 0.494 e. The Morgan fingerprint density at radius 1 is 1.05 bits per heavy atom. The molecule has 40 heavy (non-hydrogen) atoms. The normalized spacial score (nSPS) is 13.9. The van der Waals surface area contributed by atoms with E-state index in [1.807, 2.05) is 0 Å². The summed E-state index contributed by atoms with van der Waals surface area (Å²) in [5.74, 6) is -3.11. The number of rotatable bonds is 9. The number of pyridine rings is 1. The van der Waals surface area contributed by atoms with Crippen LogP contribution in [0.4, 0.5) is 4.79 Å². The molecule has 0 aliphatic carbocycles. The Morgan fingerprint density at radius 2 is 1.70 bits per heavy atom. The van der Waals surface area contributed by atoms with Gasteiger partial charge in [-0.3, -0.25) is 19.2 Å². The smallest absolute Gasteiger partial charge is 0.409 e. The SMILES string of the molecule is CCOC(=O)N1CCN(C(=O)C(CCC(=O)OC)c2nc3cccc(C(N)=O)c3c(C(=O)N(C)C)c2OC)CC1. The zero-order valence-corrected chi connectivity index (χ0v) is 23.4. The lowest BCUT2D eigenvalue weighted by Crippen LogP contribution is -2.51. The summed E-state index contributed by atoms with van der Waals surface area (Å²) >= 11 is 0. The fraction of sp³-hybridized carbons (Fsp3) is 0.481. The minimum Gasteiger partial charge on any atom is -0.494 e. The van der Waals surface area contributed by atoms with E-state index < -0.39 is 29.8 Å². The second-order valence-corrected chi connectivity index (χ2v) is 9.35. The van der Waals surface area contributed by atoms with Crippen molar-refractivity contribution in [2.75, 3.05) is 61.1 Å². The molecular weight excluding hydrogens is 522 g/mol. The van der Waals surface area contributed by atoms with Crippen LogP contribution in [0.1, 0.15) is 52.1 Å². The van der Waals surface area contributed by atoms with Crippen molar-refractivity contribution >= 4 is 40.7 Å². The highest BCUT2D eigenvalue weighted by molar-refractivity contribution is 6.16. The lowest BCUT2D eigenvalue weighted by molar-refractivity contribution is -0.141. The third-order valence-electron chi connectivity index (χ3n) is 6.69. The molecule has 2 N–H and O–H groups in total. The number of aromatic nitrogens is 1. The van der Waals surface area contributed by atoms with Crippen LogP contribution >= 0.6 is 0 Å². The van der Waals surface area contributed by atoms with Crippen LogP contribution in [0.25, 0.3) is 10.9 Å². The highest BCUT2D eigenvalue weighted by Crippen LogP contribution is 2.38. The number of carbonyl (C=O) groups is 5. The van der Waals surface area contributed by atoms with Crippen LogP contribution in [0.5, 0.6) is 5.75 Å². The molecule has 0 saturated carbocycles. The topological polar surface area (TPSA) is 162 Å². The van der Waals surface area contributed by atoms with Crippen molar-refractivity contribution in [2.24, 2.45) is 5.73 Å². The van der Waals surface area contributed by atoms with E-state index in [4.69, 9.17) is 24.9 Å². The van der Waals surface area contributed by atoms with Crippen LogP contribution in [0, 0.1) is 0 Å². The molecule has 0 spiro atoms. The maximum Gasteiger partial charge on any atom is 0.409 e. The number of piperazine rings is 1. The minimum absolute atomic E-state index is 0.00766. The van der Waals surface area contributed by atoms with Crippen molar-refractivity contribution in [3.8, 4) is 5.75 Å². The quantitative estimate of drug-likeness (QED) is 0.449. The second-order valence-electron chi connectivity index (χ2n) is 9.35. The number of methoxy groups -OCH3 is 2. The van der Waals surface area contributed by atoms with Gasteiger partial charge in [0.05, 0.1) is 43.5 Å². The van der Waals surface area contributed by atoms with Gasteiger partial charge in [0.15, 0.2) is 5.75 Å². The van der Waals surface area contributed by atoms with Crippen LogP contribution in [0.3, 0.4) is 0 Å². The van der Waals surface area contributed by atoms with Gasteiger partial charge in [0, 0.05) is 57.6 Å². The summed E-state index contributed by atoms with van der Waals surface area (Å²) in [5.41, 5.74) is 6.14. The molecule has 4 amide bonds. The van der Waals surface area contributed by atoms with Gasteiger partial charge in [-0.2, -0.15) is 0 Å². The minimum atomic E-state index is -1.00. The van der Waals surface area contributed by atoms with Gasteiger partial charge < -0.3 is 34.6 Å². The molecule has 1 fully saturated rings. The van der Waals surface area contributed by atoms with Crippen molar-refractivity contribution in [3.63, 3.8) is 0 Å². The van der Waals surface area contributed by atoms with E-state index in [0.717, 1.165) is 0 Å². The first-order chi connectivity index (χ1) is 19.0. The van der Waals surface area contributed by atoms with Gasteiger partial charge >= 0.3 is 12.1 Å². The zero-order chi connectivity index (χ0) is 29.6. The van der Waals surface area contributed by atoms with Gasteiger partial charge in [-0.1, -0.05) is 6.07 Å². The molecule has 1 atom stereocenters. The number of nitrogens with zero attached hydrogens (tertiary/aromatic N) is 4. The lowest BCUT2D eigenvalue weighted by Gasteiger charge is -2.36. The molecule has 1 saturated heterocycles.